The molecule has 0 saturated carbocycles. The van der Waals surface area contributed by atoms with Crippen molar-refractivity contribution in [3.63, 3.8) is 0 Å². The lowest BCUT2D eigenvalue weighted by Crippen LogP contribution is -2.30. The smallest absolute Gasteiger partial charge is 0.173 e. The first-order chi connectivity index (χ1) is 8.93. The number of aryl methyl sites for hydroxylation is 1. The monoisotopic (exact) mass is 282 g/mol. The van der Waals surface area contributed by atoms with Crippen molar-refractivity contribution in [2.45, 2.75) is 26.4 Å². The van der Waals surface area contributed by atoms with Crippen molar-refractivity contribution in [3.8, 4) is 5.75 Å². The van der Waals surface area contributed by atoms with Crippen LogP contribution in [0.5, 0.6) is 5.75 Å². The largest absolute Gasteiger partial charge is 0.496 e. The Hall–Kier alpha value is -1.40. The normalized spacial score (nSPS) is 20.7. The van der Waals surface area contributed by atoms with E-state index in [-0.39, 0.29) is 11.8 Å². The standard InChI is InChI=1S/C13H18N2O3S/c1-9-6-15-12(10(2)13(9)18-3)7-14-11-4-5-19(16,17)8-11/h4-6,11,14H,7-8H2,1-3H3. The van der Waals surface area contributed by atoms with Gasteiger partial charge in [-0.1, -0.05) is 6.08 Å². The van der Waals surface area contributed by atoms with Crippen LogP contribution in [-0.2, 0) is 16.4 Å². The summed E-state index contributed by atoms with van der Waals surface area (Å²) in [5.41, 5.74) is 2.85. The number of sulfone groups is 1. The molecule has 5 nitrogen and oxygen atoms in total. The van der Waals surface area contributed by atoms with Crippen LogP contribution >= 0.6 is 0 Å². The van der Waals surface area contributed by atoms with E-state index in [0.29, 0.717) is 6.54 Å². The molecule has 1 aliphatic heterocycles. The van der Waals surface area contributed by atoms with E-state index in [1.165, 1.54) is 5.41 Å². The van der Waals surface area contributed by atoms with Gasteiger partial charge >= 0.3 is 0 Å². The summed E-state index contributed by atoms with van der Waals surface area (Å²) in [4.78, 5) is 4.37. The summed E-state index contributed by atoms with van der Waals surface area (Å²) in [6.07, 6.45) is 3.44. The van der Waals surface area contributed by atoms with Crippen molar-refractivity contribution < 1.29 is 13.2 Å². The fraction of sp³-hybridized carbons (Fsp3) is 0.462. The van der Waals surface area contributed by atoms with Gasteiger partial charge in [-0.2, -0.15) is 0 Å². The Morgan fingerprint density at radius 2 is 2.21 bits per heavy atom. The van der Waals surface area contributed by atoms with E-state index < -0.39 is 9.84 Å². The van der Waals surface area contributed by atoms with Crippen LogP contribution < -0.4 is 10.1 Å². The molecule has 0 fully saturated rings. The fourth-order valence-electron chi connectivity index (χ4n) is 2.18. The third kappa shape index (κ3) is 3.13. The summed E-state index contributed by atoms with van der Waals surface area (Å²) in [7, 11) is -1.38. The predicted molar refractivity (Wildman–Crippen MR) is 73.8 cm³/mol. The van der Waals surface area contributed by atoms with E-state index in [1.807, 2.05) is 13.8 Å². The van der Waals surface area contributed by atoms with Crippen molar-refractivity contribution in [2.24, 2.45) is 0 Å². The Kier molecular flexibility index (Phi) is 3.91. The molecule has 1 N–H and O–H groups in total. The molecule has 0 aromatic carbocycles. The molecule has 1 aromatic rings. The van der Waals surface area contributed by atoms with Gasteiger partial charge in [0, 0.05) is 35.3 Å². The van der Waals surface area contributed by atoms with E-state index in [4.69, 9.17) is 4.74 Å². The van der Waals surface area contributed by atoms with Gasteiger partial charge in [0.15, 0.2) is 9.84 Å². The summed E-state index contributed by atoms with van der Waals surface area (Å²) in [5, 5.41) is 4.45. The van der Waals surface area contributed by atoms with E-state index in [2.05, 4.69) is 10.3 Å². The average molecular weight is 282 g/mol. The molecule has 104 valence electrons. The Morgan fingerprint density at radius 3 is 2.79 bits per heavy atom. The summed E-state index contributed by atoms with van der Waals surface area (Å²) in [6.45, 7) is 4.42. The number of hydrogen-bond acceptors (Lipinski definition) is 5. The molecule has 0 aliphatic carbocycles. The number of nitrogens with one attached hydrogen (secondary N) is 1. The lowest BCUT2D eigenvalue weighted by molar-refractivity contribution is 0.406. The SMILES string of the molecule is COc1c(C)cnc(CNC2C=CS(=O)(=O)C2)c1C. The summed E-state index contributed by atoms with van der Waals surface area (Å²) in [5.74, 6) is 0.955. The minimum atomic E-state index is -3.02. The maximum Gasteiger partial charge on any atom is 0.173 e. The van der Waals surface area contributed by atoms with Gasteiger partial charge in [0.2, 0.25) is 0 Å². The zero-order chi connectivity index (χ0) is 14.0. The Morgan fingerprint density at radius 1 is 1.47 bits per heavy atom. The maximum atomic E-state index is 11.3. The molecular formula is C13H18N2O3S. The number of pyridine rings is 1. The summed E-state index contributed by atoms with van der Waals surface area (Å²) >= 11 is 0. The van der Waals surface area contributed by atoms with Gasteiger partial charge < -0.3 is 10.1 Å². The van der Waals surface area contributed by atoms with Crippen molar-refractivity contribution >= 4 is 9.84 Å². The number of rotatable bonds is 4. The highest BCUT2D eigenvalue weighted by Gasteiger charge is 2.21. The lowest BCUT2D eigenvalue weighted by atomic mass is 10.1. The van der Waals surface area contributed by atoms with Crippen molar-refractivity contribution in [1.29, 1.82) is 0 Å². The molecular weight excluding hydrogens is 264 g/mol. The second kappa shape index (κ2) is 5.30. The molecule has 0 amide bonds. The van der Waals surface area contributed by atoms with Gasteiger partial charge in [-0.25, -0.2) is 8.42 Å². The van der Waals surface area contributed by atoms with E-state index in [1.54, 1.807) is 19.4 Å². The number of aromatic nitrogens is 1. The van der Waals surface area contributed by atoms with Crippen LogP contribution in [0.1, 0.15) is 16.8 Å². The van der Waals surface area contributed by atoms with Crippen LogP contribution in [0.4, 0.5) is 0 Å². The minimum absolute atomic E-state index is 0.120. The number of ether oxygens (including phenoxy) is 1. The van der Waals surface area contributed by atoms with Gasteiger partial charge in [-0.15, -0.1) is 0 Å². The molecule has 6 heteroatoms. The molecule has 1 unspecified atom stereocenters. The molecule has 0 saturated heterocycles. The van der Waals surface area contributed by atoms with E-state index in [0.717, 1.165) is 22.6 Å². The summed E-state index contributed by atoms with van der Waals surface area (Å²) < 4.78 is 27.9. The van der Waals surface area contributed by atoms with Crippen LogP contribution in [-0.4, -0.2) is 32.3 Å². The highest BCUT2D eigenvalue weighted by Crippen LogP contribution is 2.24. The maximum absolute atomic E-state index is 11.3. The molecule has 2 rings (SSSR count). The Bertz CT molecular complexity index is 609. The van der Waals surface area contributed by atoms with Crippen molar-refractivity contribution in [3.05, 3.63) is 34.5 Å². The molecule has 1 aliphatic rings. The predicted octanol–water partition coefficient (Wildman–Crippen LogP) is 1.11. The van der Waals surface area contributed by atoms with Crippen LogP contribution in [0.2, 0.25) is 0 Å². The zero-order valence-corrected chi connectivity index (χ0v) is 12.1. The van der Waals surface area contributed by atoms with Gasteiger partial charge in [-0.3, -0.25) is 4.98 Å². The van der Waals surface area contributed by atoms with Crippen molar-refractivity contribution in [1.82, 2.24) is 10.3 Å². The number of methoxy groups -OCH3 is 1. The van der Waals surface area contributed by atoms with Crippen molar-refractivity contribution in [2.75, 3.05) is 12.9 Å². The molecule has 1 atom stereocenters. The molecule has 0 bridgehead atoms. The third-order valence-corrected chi connectivity index (χ3v) is 4.61. The Labute approximate surface area is 113 Å². The van der Waals surface area contributed by atoms with Crippen LogP contribution in [0, 0.1) is 13.8 Å². The van der Waals surface area contributed by atoms with Crippen LogP contribution in [0.3, 0.4) is 0 Å². The quantitative estimate of drug-likeness (QED) is 0.896. The second-order valence-electron chi connectivity index (χ2n) is 4.69. The molecule has 19 heavy (non-hydrogen) atoms. The van der Waals surface area contributed by atoms with Gasteiger partial charge in [0.1, 0.15) is 5.75 Å². The van der Waals surface area contributed by atoms with Gasteiger partial charge in [0.05, 0.1) is 18.6 Å². The highest BCUT2D eigenvalue weighted by atomic mass is 32.2. The number of nitrogens with zero attached hydrogens (tertiary/aromatic N) is 1. The Balaban J connectivity index is 2.07. The molecule has 0 spiro atoms. The lowest BCUT2D eigenvalue weighted by Gasteiger charge is -2.14. The van der Waals surface area contributed by atoms with E-state index in [9.17, 15) is 8.42 Å². The third-order valence-electron chi connectivity index (χ3n) is 3.21. The molecule has 2 heterocycles. The number of hydrogen-bond donors (Lipinski definition) is 1. The average Bonchev–Trinajstić information content (AvgIpc) is 2.69. The topological polar surface area (TPSA) is 68.3 Å². The fourth-order valence-corrected chi connectivity index (χ4v) is 3.45. The van der Waals surface area contributed by atoms with Crippen LogP contribution in [0.15, 0.2) is 17.7 Å². The first-order valence-electron chi connectivity index (χ1n) is 6.06. The first kappa shape index (κ1) is 14.0. The summed E-state index contributed by atoms with van der Waals surface area (Å²) in [6, 6.07) is -0.140. The second-order valence-corrected chi connectivity index (χ2v) is 6.62. The van der Waals surface area contributed by atoms with Gasteiger partial charge in [0.25, 0.3) is 0 Å². The van der Waals surface area contributed by atoms with Crippen LogP contribution in [0.25, 0.3) is 0 Å². The molecule has 0 radical (unpaired) electrons. The van der Waals surface area contributed by atoms with E-state index >= 15 is 0 Å². The minimum Gasteiger partial charge on any atom is -0.496 e. The zero-order valence-electron chi connectivity index (χ0n) is 11.3. The van der Waals surface area contributed by atoms with Gasteiger partial charge in [-0.05, 0) is 13.8 Å². The highest BCUT2D eigenvalue weighted by molar-refractivity contribution is 7.94. The molecule has 1 aromatic heterocycles. The first-order valence-corrected chi connectivity index (χ1v) is 7.78.